The summed E-state index contributed by atoms with van der Waals surface area (Å²) in [5, 5.41) is 0. The highest BCUT2D eigenvalue weighted by molar-refractivity contribution is 7.13. The Balaban J connectivity index is 2.32. The lowest BCUT2D eigenvalue weighted by molar-refractivity contribution is 0.610. The van der Waals surface area contributed by atoms with Crippen molar-refractivity contribution in [1.82, 2.24) is 4.67 Å². The molecule has 34 valence electrons. The molecule has 0 spiro atoms. The predicted molar refractivity (Wildman–Crippen MR) is 30.4 cm³/mol. The summed E-state index contributed by atoms with van der Waals surface area (Å²) in [6.45, 7) is 2.20. The molecule has 2 heteroatoms. The summed E-state index contributed by atoms with van der Waals surface area (Å²) in [5.74, 6) is 0. The smallest absolute Gasteiger partial charge is 0.0201 e. The summed E-state index contributed by atoms with van der Waals surface area (Å²) in [6, 6.07) is 0. The molecular weight excluding hydrogens is 93.0 g/mol. The molecule has 0 fully saturated rings. The SMILES string of the molecule is PN1CC=CC1. The van der Waals surface area contributed by atoms with Gasteiger partial charge in [0.25, 0.3) is 0 Å². The van der Waals surface area contributed by atoms with Gasteiger partial charge in [0.2, 0.25) is 0 Å². The first kappa shape index (κ1) is 4.29. The van der Waals surface area contributed by atoms with Gasteiger partial charge in [0.05, 0.1) is 0 Å². The van der Waals surface area contributed by atoms with E-state index in [9.17, 15) is 0 Å². The first-order chi connectivity index (χ1) is 2.89. The summed E-state index contributed by atoms with van der Waals surface area (Å²) in [5.41, 5.74) is 0. The Bertz CT molecular complexity index is 61.9. The van der Waals surface area contributed by atoms with Crippen LogP contribution in [0.4, 0.5) is 0 Å². The minimum absolute atomic E-state index is 1.10. The van der Waals surface area contributed by atoms with Gasteiger partial charge in [-0.05, 0) is 0 Å². The van der Waals surface area contributed by atoms with E-state index in [4.69, 9.17) is 0 Å². The molecule has 1 rings (SSSR count). The molecule has 1 heterocycles. The van der Waals surface area contributed by atoms with Crippen LogP contribution in [0.3, 0.4) is 0 Å². The third kappa shape index (κ3) is 0.796. The van der Waals surface area contributed by atoms with E-state index < -0.39 is 0 Å². The van der Waals surface area contributed by atoms with Crippen molar-refractivity contribution in [3.8, 4) is 0 Å². The highest BCUT2D eigenvalue weighted by Crippen LogP contribution is 2.02. The predicted octanol–water partition coefficient (Wildman–Crippen LogP) is 0.648. The summed E-state index contributed by atoms with van der Waals surface area (Å²) in [6.07, 6.45) is 4.32. The average Bonchev–Trinajstić information content (AvgIpc) is 1.86. The Kier molecular flexibility index (Phi) is 1.23. The van der Waals surface area contributed by atoms with Gasteiger partial charge in [-0.2, -0.15) is 0 Å². The van der Waals surface area contributed by atoms with Gasteiger partial charge in [0.1, 0.15) is 0 Å². The van der Waals surface area contributed by atoms with Crippen LogP contribution in [0.5, 0.6) is 0 Å². The molecule has 1 atom stereocenters. The molecule has 0 radical (unpaired) electrons. The second kappa shape index (κ2) is 1.72. The van der Waals surface area contributed by atoms with Gasteiger partial charge in [-0.25, -0.2) is 0 Å². The Morgan fingerprint density at radius 1 is 1.33 bits per heavy atom. The second-order valence-corrected chi connectivity index (χ2v) is 2.16. The van der Waals surface area contributed by atoms with Gasteiger partial charge in [0.15, 0.2) is 0 Å². The lowest BCUT2D eigenvalue weighted by Gasteiger charge is -2.01. The van der Waals surface area contributed by atoms with Gasteiger partial charge in [-0.15, -0.1) is 0 Å². The third-order valence-electron chi connectivity index (χ3n) is 0.847. The Morgan fingerprint density at radius 3 is 2.00 bits per heavy atom. The fourth-order valence-corrected chi connectivity index (χ4v) is 0.738. The van der Waals surface area contributed by atoms with E-state index in [2.05, 4.69) is 26.2 Å². The number of rotatable bonds is 0. The standard InChI is InChI=1S/C4H8NP/c6-5-3-1-2-4-5/h1-2H,3-4,6H2. The summed E-state index contributed by atoms with van der Waals surface area (Å²) in [4.78, 5) is 0. The first-order valence-corrected chi connectivity index (χ1v) is 2.56. The second-order valence-electron chi connectivity index (χ2n) is 1.43. The Labute approximate surface area is 40.3 Å². The maximum Gasteiger partial charge on any atom is 0.0201 e. The molecule has 1 nitrogen and oxygen atoms in total. The molecule has 0 saturated heterocycles. The highest BCUT2D eigenvalue weighted by atomic mass is 31.0. The molecular formula is C4H8NP. The van der Waals surface area contributed by atoms with Gasteiger partial charge in [-0.1, -0.05) is 21.5 Å². The Morgan fingerprint density at radius 2 is 1.83 bits per heavy atom. The molecule has 0 amide bonds. The molecule has 0 aromatic heterocycles. The Hall–Kier alpha value is 0.130. The minimum atomic E-state index is 1.10. The zero-order valence-electron chi connectivity index (χ0n) is 3.59. The van der Waals surface area contributed by atoms with Crippen LogP contribution in [0.25, 0.3) is 0 Å². The fraction of sp³-hybridized carbons (Fsp3) is 0.500. The molecule has 1 aliphatic heterocycles. The van der Waals surface area contributed by atoms with Crippen LogP contribution in [0.2, 0.25) is 0 Å². The van der Waals surface area contributed by atoms with Gasteiger partial charge >= 0.3 is 0 Å². The number of hydrogen-bond donors (Lipinski definition) is 0. The fourth-order valence-electron chi connectivity index (χ4n) is 0.494. The van der Waals surface area contributed by atoms with E-state index in [0.717, 1.165) is 13.1 Å². The zero-order chi connectivity index (χ0) is 4.41. The largest absolute Gasteiger partial charge is 0.280 e. The topological polar surface area (TPSA) is 3.24 Å². The van der Waals surface area contributed by atoms with E-state index in [-0.39, 0.29) is 0 Å². The average molecular weight is 101 g/mol. The van der Waals surface area contributed by atoms with Crippen molar-refractivity contribution in [3.63, 3.8) is 0 Å². The molecule has 6 heavy (non-hydrogen) atoms. The summed E-state index contributed by atoms with van der Waals surface area (Å²) < 4.78 is 2.17. The van der Waals surface area contributed by atoms with Crippen molar-refractivity contribution in [1.29, 1.82) is 0 Å². The van der Waals surface area contributed by atoms with Crippen LogP contribution in [0.15, 0.2) is 12.2 Å². The van der Waals surface area contributed by atoms with Crippen molar-refractivity contribution >= 4 is 9.39 Å². The van der Waals surface area contributed by atoms with Crippen LogP contribution < -0.4 is 0 Å². The van der Waals surface area contributed by atoms with Gasteiger partial charge < -0.3 is 0 Å². The van der Waals surface area contributed by atoms with Crippen molar-refractivity contribution < 1.29 is 0 Å². The van der Waals surface area contributed by atoms with E-state index in [1.54, 1.807) is 0 Å². The van der Waals surface area contributed by atoms with Crippen molar-refractivity contribution in [2.75, 3.05) is 13.1 Å². The van der Waals surface area contributed by atoms with E-state index in [0.29, 0.717) is 0 Å². The molecule has 1 aliphatic rings. The van der Waals surface area contributed by atoms with Crippen LogP contribution in [-0.2, 0) is 0 Å². The van der Waals surface area contributed by atoms with Gasteiger partial charge in [-0.3, -0.25) is 4.67 Å². The van der Waals surface area contributed by atoms with E-state index in [1.807, 2.05) is 0 Å². The lowest BCUT2D eigenvalue weighted by atomic mass is 10.6. The maximum absolute atomic E-state index is 2.64. The molecule has 0 bridgehead atoms. The molecule has 0 aromatic carbocycles. The molecule has 0 aliphatic carbocycles. The third-order valence-corrected chi connectivity index (χ3v) is 1.27. The van der Waals surface area contributed by atoms with Crippen LogP contribution in [0.1, 0.15) is 0 Å². The quantitative estimate of drug-likeness (QED) is 0.320. The lowest BCUT2D eigenvalue weighted by Crippen LogP contribution is -2.02. The van der Waals surface area contributed by atoms with E-state index >= 15 is 0 Å². The van der Waals surface area contributed by atoms with Crippen LogP contribution >= 0.6 is 9.39 Å². The van der Waals surface area contributed by atoms with Crippen molar-refractivity contribution in [2.45, 2.75) is 0 Å². The molecule has 0 aromatic rings. The molecule has 0 N–H and O–H groups in total. The first-order valence-electron chi connectivity index (χ1n) is 2.04. The monoisotopic (exact) mass is 101 g/mol. The zero-order valence-corrected chi connectivity index (χ0v) is 4.75. The number of hydrogen-bond acceptors (Lipinski definition) is 1. The van der Waals surface area contributed by atoms with Crippen molar-refractivity contribution in [3.05, 3.63) is 12.2 Å². The van der Waals surface area contributed by atoms with E-state index in [1.165, 1.54) is 0 Å². The normalized spacial score (nSPS) is 22.8. The highest BCUT2D eigenvalue weighted by Gasteiger charge is 1.95. The minimum Gasteiger partial charge on any atom is -0.280 e. The van der Waals surface area contributed by atoms with Crippen LogP contribution in [0, 0.1) is 0 Å². The van der Waals surface area contributed by atoms with Crippen LogP contribution in [-0.4, -0.2) is 17.8 Å². The molecule has 0 saturated carbocycles. The van der Waals surface area contributed by atoms with Crippen molar-refractivity contribution in [2.24, 2.45) is 0 Å². The number of nitrogens with zero attached hydrogens (tertiary/aromatic N) is 1. The van der Waals surface area contributed by atoms with Gasteiger partial charge in [0, 0.05) is 13.1 Å². The summed E-state index contributed by atoms with van der Waals surface area (Å²) >= 11 is 0. The molecule has 1 unspecified atom stereocenters. The summed E-state index contributed by atoms with van der Waals surface area (Å²) in [7, 11) is 2.64. The maximum atomic E-state index is 2.64.